The number of nitrogens with one attached hydrogen (secondary N) is 1. The van der Waals surface area contributed by atoms with Gasteiger partial charge in [0.25, 0.3) is 5.91 Å². The largest absolute Gasteiger partial charge is 0.456 e. The number of urea groups is 1. The first kappa shape index (κ1) is 14.5. The van der Waals surface area contributed by atoms with Crippen LogP contribution in [0.4, 0.5) is 4.79 Å². The number of carbonyl (C=O) groups is 3. The maximum atomic E-state index is 11.4. The predicted molar refractivity (Wildman–Crippen MR) is 64.5 cm³/mol. The number of ether oxygens (including phenoxy) is 1. The van der Waals surface area contributed by atoms with Gasteiger partial charge in [-0.25, -0.2) is 4.79 Å². The Kier molecular flexibility index (Phi) is 6.18. The van der Waals surface area contributed by atoms with Crippen molar-refractivity contribution in [1.82, 2.24) is 5.32 Å². The van der Waals surface area contributed by atoms with Gasteiger partial charge >= 0.3 is 12.0 Å². The minimum absolute atomic E-state index is 0.328. The van der Waals surface area contributed by atoms with Gasteiger partial charge < -0.3 is 10.5 Å². The Bertz CT molecular complexity index is 311. The summed E-state index contributed by atoms with van der Waals surface area (Å²) in [6.07, 6.45) is 7.26. The topological polar surface area (TPSA) is 98.5 Å². The molecule has 0 heterocycles. The molecule has 0 aromatic rings. The Morgan fingerprint density at radius 3 is 2.44 bits per heavy atom. The third-order valence-corrected chi connectivity index (χ3v) is 3.11. The van der Waals surface area contributed by atoms with Crippen LogP contribution in [0, 0.1) is 5.92 Å². The van der Waals surface area contributed by atoms with Crippen LogP contribution in [0.2, 0.25) is 0 Å². The number of amides is 3. The van der Waals surface area contributed by atoms with Crippen LogP contribution in [-0.4, -0.2) is 24.5 Å². The standard InChI is InChI=1S/C12H20N2O4/c13-12(17)14-10(15)8-18-11(16)7-6-9-4-2-1-3-5-9/h9H,1-8H2,(H3,13,14,15,17). The van der Waals surface area contributed by atoms with Crippen LogP contribution < -0.4 is 11.1 Å². The van der Waals surface area contributed by atoms with Crippen molar-refractivity contribution in [3.05, 3.63) is 0 Å². The van der Waals surface area contributed by atoms with E-state index in [1.165, 1.54) is 32.1 Å². The fourth-order valence-corrected chi connectivity index (χ4v) is 2.19. The molecule has 6 heteroatoms. The van der Waals surface area contributed by atoms with Crippen LogP contribution in [0.25, 0.3) is 0 Å². The lowest BCUT2D eigenvalue weighted by Crippen LogP contribution is -2.37. The zero-order valence-corrected chi connectivity index (χ0v) is 10.4. The van der Waals surface area contributed by atoms with Crippen molar-refractivity contribution in [1.29, 1.82) is 0 Å². The number of nitrogens with two attached hydrogens (primary N) is 1. The van der Waals surface area contributed by atoms with Gasteiger partial charge in [-0.15, -0.1) is 0 Å². The van der Waals surface area contributed by atoms with Crippen molar-refractivity contribution in [3.8, 4) is 0 Å². The van der Waals surface area contributed by atoms with Crippen LogP contribution in [-0.2, 0) is 14.3 Å². The molecule has 0 atom stereocenters. The van der Waals surface area contributed by atoms with Gasteiger partial charge in [-0.2, -0.15) is 0 Å². The Morgan fingerprint density at radius 2 is 1.83 bits per heavy atom. The lowest BCUT2D eigenvalue weighted by atomic mass is 9.86. The lowest BCUT2D eigenvalue weighted by molar-refractivity contribution is -0.148. The molecule has 1 aliphatic carbocycles. The van der Waals surface area contributed by atoms with Gasteiger partial charge in [0.2, 0.25) is 0 Å². The molecule has 1 saturated carbocycles. The van der Waals surface area contributed by atoms with Crippen LogP contribution in [0.5, 0.6) is 0 Å². The molecule has 0 radical (unpaired) electrons. The van der Waals surface area contributed by atoms with Crippen LogP contribution in [0.15, 0.2) is 0 Å². The molecule has 1 aliphatic rings. The van der Waals surface area contributed by atoms with Crippen molar-refractivity contribution in [2.45, 2.75) is 44.9 Å². The summed E-state index contributed by atoms with van der Waals surface area (Å²) in [6, 6.07) is -0.946. The van der Waals surface area contributed by atoms with E-state index in [1.54, 1.807) is 0 Å². The van der Waals surface area contributed by atoms with Crippen molar-refractivity contribution in [2.75, 3.05) is 6.61 Å². The zero-order chi connectivity index (χ0) is 13.4. The summed E-state index contributed by atoms with van der Waals surface area (Å²) in [5, 5.41) is 1.83. The molecule has 3 amide bonds. The molecule has 0 aromatic carbocycles. The van der Waals surface area contributed by atoms with Gasteiger partial charge in [0.15, 0.2) is 6.61 Å². The summed E-state index contributed by atoms with van der Waals surface area (Å²) in [4.78, 5) is 32.7. The highest BCUT2D eigenvalue weighted by Gasteiger charge is 2.16. The van der Waals surface area contributed by atoms with Crippen molar-refractivity contribution in [3.63, 3.8) is 0 Å². The fraction of sp³-hybridized carbons (Fsp3) is 0.750. The Labute approximate surface area is 106 Å². The monoisotopic (exact) mass is 256 g/mol. The van der Waals surface area contributed by atoms with E-state index in [-0.39, 0.29) is 0 Å². The van der Waals surface area contributed by atoms with E-state index in [0.29, 0.717) is 12.3 Å². The third kappa shape index (κ3) is 6.22. The number of carbonyl (C=O) groups excluding carboxylic acids is 3. The van der Waals surface area contributed by atoms with Crippen molar-refractivity contribution in [2.24, 2.45) is 11.7 Å². The first-order valence-electron chi connectivity index (χ1n) is 6.33. The fourth-order valence-electron chi connectivity index (χ4n) is 2.19. The zero-order valence-electron chi connectivity index (χ0n) is 10.4. The summed E-state index contributed by atoms with van der Waals surface area (Å²) in [7, 11) is 0. The minimum Gasteiger partial charge on any atom is -0.456 e. The van der Waals surface area contributed by atoms with Gasteiger partial charge in [0, 0.05) is 6.42 Å². The van der Waals surface area contributed by atoms with E-state index in [4.69, 9.17) is 10.5 Å². The molecule has 0 bridgehead atoms. The van der Waals surface area contributed by atoms with E-state index in [0.717, 1.165) is 6.42 Å². The maximum absolute atomic E-state index is 11.4. The summed E-state index contributed by atoms with van der Waals surface area (Å²) >= 11 is 0. The number of esters is 1. The minimum atomic E-state index is -0.946. The molecule has 0 unspecified atom stereocenters. The maximum Gasteiger partial charge on any atom is 0.318 e. The van der Waals surface area contributed by atoms with Gasteiger partial charge in [0.1, 0.15) is 0 Å². The summed E-state index contributed by atoms with van der Waals surface area (Å²) in [6.45, 7) is -0.452. The van der Waals surface area contributed by atoms with E-state index in [9.17, 15) is 14.4 Å². The molecule has 6 nitrogen and oxygen atoms in total. The first-order valence-corrected chi connectivity index (χ1v) is 6.33. The number of imide groups is 1. The van der Waals surface area contributed by atoms with E-state index >= 15 is 0 Å². The molecule has 0 spiro atoms. The Balaban J connectivity index is 2.09. The number of primary amides is 1. The predicted octanol–water partition coefficient (Wildman–Crippen LogP) is 1.08. The SMILES string of the molecule is NC(=O)NC(=O)COC(=O)CCC1CCCCC1. The third-order valence-electron chi connectivity index (χ3n) is 3.11. The van der Waals surface area contributed by atoms with E-state index in [2.05, 4.69) is 0 Å². The van der Waals surface area contributed by atoms with Gasteiger partial charge in [-0.05, 0) is 12.3 Å². The number of hydrogen-bond acceptors (Lipinski definition) is 4. The molecule has 18 heavy (non-hydrogen) atoms. The average Bonchev–Trinajstić information content (AvgIpc) is 2.34. The highest BCUT2D eigenvalue weighted by molar-refractivity contribution is 5.94. The molecular formula is C12H20N2O4. The lowest BCUT2D eigenvalue weighted by Gasteiger charge is -2.20. The molecule has 0 saturated heterocycles. The summed E-state index contributed by atoms with van der Waals surface area (Å²) < 4.78 is 4.74. The Hall–Kier alpha value is -1.59. The summed E-state index contributed by atoms with van der Waals surface area (Å²) in [5.74, 6) is -0.501. The molecule has 1 fully saturated rings. The van der Waals surface area contributed by atoms with Crippen LogP contribution in [0.3, 0.4) is 0 Å². The number of rotatable bonds is 5. The van der Waals surface area contributed by atoms with Crippen molar-refractivity contribution < 1.29 is 19.1 Å². The molecule has 3 N–H and O–H groups in total. The van der Waals surface area contributed by atoms with Gasteiger partial charge in [0.05, 0.1) is 0 Å². The van der Waals surface area contributed by atoms with Crippen molar-refractivity contribution >= 4 is 17.9 Å². The van der Waals surface area contributed by atoms with Gasteiger partial charge in [-0.3, -0.25) is 14.9 Å². The molecular weight excluding hydrogens is 236 g/mol. The van der Waals surface area contributed by atoms with Gasteiger partial charge in [-0.1, -0.05) is 32.1 Å². The highest BCUT2D eigenvalue weighted by Crippen LogP contribution is 2.27. The number of hydrogen-bond donors (Lipinski definition) is 2. The molecule has 1 rings (SSSR count). The molecule has 0 aromatic heterocycles. The smallest absolute Gasteiger partial charge is 0.318 e. The normalized spacial score (nSPS) is 16.0. The van der Waals surface area contributed by atoms with Crippen LogP contribution >= 0.6 is 0 Å². The Morgan fingerprint density at radius 1 is 1.17 bits per heavy atom. The molecule has 102 valence electrons. The second-order valence-corrected chi connectivity index (χ2v) is 4.62. The second kappa shape index (κ2) is 7.68. The second-order valence-electron chi connectivity index (χ2n) is 4.62. The average molecular weight is 256 g/mol. The van der Waals surface area contributed by atoms with E-state index in [1.807, 2.05) is 5.32 Å². The quantitative estimate of drug-likeness (QED) is 0.719. The molecule has 0 aliphatic heterocycles. The van der Waals surface area contributed by atoms with E-state index < -0.39 is 24.5 Å². The highest BCUT2D eigenvalue weighted by atomic mass is 16.5. The summed E-state index contributed by atoms with van der Waals surface area (Å²) in [5.41, 5.74) is 4.74. The van der Waals surface area contributed by atoms with Crippen LogP contribution in [0.1, 0.15) is 44.9 Å². The first-order chi connectivity index (χ1) is 8.58.